The normalized spacial score (nSPS) is 34.0. The van der Waals surface area contributed by atoms with Gasteiger partial charge in [0.15, 0.2) is 0 Å². The summed E-state index contributed by atoms with van der Waals surface area (Å²) in [5.41, 5.74) is 0.860. The van der Waals surface area contributed by atoms with Crippen LogP contribution in [-0.2, 0) is 9.53 Å². The second kappa shape index (κ2) is 6.39. The largest absolute Gasteiger partial charge is 0.498 e. The van der Waals surface area contributed by atoms with Crippen LogP contribution in [0, 0.1) is 5.92 Å². The lowest BCUT2D eigenvalue weighted by Crippen LogP contribution is -2.46. The zero-order valence-corrected chi connectivity index (χ0v) is 13.0. The Morgan fingerprint density at radius 1 is 1.19 bits per heavy atom. The zero-order chi connectivity index (χ0) is 14.8. The molecular formula is C17H27NO3. The van der Waals surface area contributed by atoms with Crippen LogP contribution in [0.4, 0.5) is 0 Å². The molecule has 0 spiro atoms. The molecule has 0 radical (unpaired) electrons. The van der Waals surface area contributed by atoms with Crippen molar-refractivity contribution in [3.8, 4) is 0 Å². The molecule has 3 unspecified atom stereocenters. The van der Waals surface area contributed by atoms with Crippen LogP contribution in [0.2, 0.25) is 0 Å². The van der Waals surface area contributed by atoms with Crippen LogP contribution in [0.5, 0.6) is 0 Å². The van der Waals surface area contributed by atoms with Crippen LogP contribution >= 0.6 is 0 Å². The number of ether oxygens (including phenoxy) is 1. The number of aliphatic hydroxyl groups excluding tert-OH is 1. The highest BCUT2D eigenvalue weighted by molar-refractivity contribution is 5.94. The van der Waals surface area contributed by atoms with Crippen molar-refractivity contribution in [2.24, 2.45) is 5.92 Å². The van der Waals surface area contributed by atoms with E-state index in [1.165, 1.54) is 6.42 Å². The highest BCUT2D eigenvalue weighted by atomic mass is 16.5. The highest BCUT2D eigenvalue weighted by Crippen LogP contribution is 2.36. The number of aliphatic hydroxyl groups is 1. The van der Waals surface area contributed by atoms with Gasteiger partial charge in [0, 0.05) is 18.5 Å². The summed E-state index contributed by atoms with van der Waals surface area (Å²) < 4.78 is 5.56. The molecule has 1 saturated carbocycles. The van der Waals surface area contributed by atoms with E-state index in [0.717, 1.165) is 69.4 Å². The minimum atomic E-state index is -0.227. The second-order valence-electron chi connectivity index (χ2n) is 6.71. The molecule has 118 valence electrons. The van der Waals surface area contributed by atoms with E-state index in [9.17, 15) is 9.90 Å². The molecule has 2 aliphatic heterocycles. The first-order valence-corrected chi connectivity index (χ1v) is 8.50. The fraction of sp³-hybridized carbons (Fsp3) is 0.824. The van der Waals surface area contributed by atoms with Gasteiger partial charge in [-0.05, 0) is 45.4 Å². The third-order valence-corrected chi connectivity index (χ3v) is 5.41. The minimum absolute atomic E-state index is 0.160. The topological polar surface area (TPSA) is 49.8 Å². The Morgan fingerprint density at radius 3 is 2.76 bits per heavy atom. The summed E-state index contributed by atoms with van der Waals surface area (Å²) >= 11 is 0. The molecule has 1 aliphatic carbocycles. The molecule has 0 bridgehead atoms. The molecule has 3 aliphatic rings. The van der Waals surface area contributed by atoms with Gasteiger partial charge < -0.3 is 14.7 Å². The third-order valence-electron chi connectivity index (χ3n) is 5.41. The summed E-state index contributed by atoms with van der Waals surface area (Å²) in [6, 6.07) is 0.232. The molecule has 1 amide bonds. The van der Waals surface area contributed by atoms with Crippen molar-refractivity contribution in [3.05, 3.63) is 11.3 Å². The second-order valence-corrected chi connectivity index (χ2v) is 6.71. The van der Waals surface area contributed by atoms with Gasteiger partial charge in [-0.25, -0.2) is 0 Å². The van der Waals surface area contributed by atoms with Gasteiger partial charge in [0.2, 0.25) is 0 Å². The van der Waals surface area contributed by atoms with E-state index in [4.69, 9.17) is 4.74 Å². The van der Waals surface area contributed by atoms with E-state index >= 15 is 0 Å². The lowest BCUT2D eigenvalue weighted by molar-refractivity contribution is -0.130. The number of rotatable bonds is 2. The number of nitrogens with zero attached hydrogens (tertiary/aromatic N) is 1. The van der Waals surface area contributed by atoms with Crippen molar-refractivity contribution in [1.82, 2.24) is 4.90 Å². The Bertz CT molecular complexity index is 432. The fourth-order valence-electron chi connectivity index (χ4n) is 4.25. The van der Waals surface area contributed by atoms with Crippen molar-refractivity contribution in [1.29, 1.82) is 0 Å². The lowest BCUT2D eigenvalue weighted by Gasteiger charge is -2.38. The Morgan fingerprint density at radius 2 is 2.00 bits per heavy atom. The minimum Gasteiger partial charge on any atom is -0.498 e. The van der Waals surface area contributed by atoms with Gasteiger partial charge in [-0.15, -0.1) is 0 Å². The molecule has 2 heterocycles. The van der Waals surface area contributed by atoms with Gasteiger partial charge in [0.25, 0.3) is 5.91 Å². The average Bonchev–Trinajstić information content (AvgIpc) is 2.97. The molecule has 3 rings (SSSR count). The number of hydrogen-bond donors (Lipinski definition) is 1. The number of carbonyl (C=O) groups excluding carboxylic acids is 1. The van der Waals surface area contributed by atoms with Gasteiger partial charge in [-0.1, -0.05) is 12.8 Å². The summed E-state index contributed by atoms with van der Waals surface area (Å²) in [5.74, 6) is 1.24. The number of allylic oxidation sites excluding steroid dienone is 1. The summed E-state index contributed by atoms with van der Waals surface area (Å²) in [6.45, 7) is 3.48. The van der Waals surface area contributed by atoms with Crippen LogP contribution in [0.1, 0.15) is 58.3 Å². The van der Waals surface area contributed by atoms with Gasteiger partial charge in [-0.2, -0.15) is 0 Å². The van der Waals surface area contributed by atoms with Crippen molar-refractivity contribution < 1.29 is 14.6 Å². The number of likely N-dealkylation sites (tertiary alicyclic amines) is 1. The van der Waals surface area contributed by atoms with Gasteiger partial charge in [0.05, 0.1) is 18.3 Å². The highest BCUT2D eigenvalue weighted by Gasteiger charge is 2.40. The molecule has 21 heavy (non-hydrogen) atoms. The maximum absolute atomic E-state index is 12.9. The molecule has 0 aromatic heterocycles. The first-order valence-electron chi connectivity index (χ1n) is 8.50. The molecular weight excluding hydrogens is 266 g/mol. The predicted octanol–water partition coefficient (Wildman–Crippen LogP) is 2.61. The lowest BCUT2D eigenvalue weighted by atomic mass is 9.80. The molecule has 0 aromatic carbocycles. The molecule has 2 fully saturated rings. The van der Waals surface area contributed by atoms with E-state index in [2.05, 4.69) is 0 Å². The summed E-state index contributed by atoms with van der Waals surface area (Å²) in [4.78, 5) is 14.9. The predicted molar refractivity (Wildman–Crippen MR) is 80.6 cm³/mol. The maximum Gasteiger partial charge on any atom is 0.253 e. The summed E-state index contributed by atoms with van der Waals surface area (Å²) in [6.07, 6.45) is 7.91. The van der Waals surface area contributed by atoms with Crippen LogP contribution in [0.15, 0.2) is 11.3 Å². The maximum atomic E-state index is 12.9. The average molecular weight is 293 g/mol. The quantitative estimate of drug-likeness (QED) is 0.851. The van der Waals surface area contributed by atoms with Crippen LogP contribution in [0.3, 0.4) is 0 Å². The van der Waals surface area contributed by atoms with Crippen molar-refractivity contribution in [3.63, 3.8) is 0 Å². The SMILES string of the molecule is CC1=C(C(=O)N2CCCC2C2CCCCC2O)CCCO1. The molecule has 1 saturated heterocycles. The zero-order valence-electron chi connectivity index (χ0n) is 13.0. The molecule has 3 atom stereocenters. The van der Waals surface area contributed by atoms with E-state index < -0.39 is 0 Å². The number of carbonyl (C=O) groups is 1. The van der Waals surface area contributed by atoms with Gasteiger partial charge >= 0.3 is 0 Å². The Hall–Kier alpha value is -1.03. The monoisotopic (exact) mass is 293 g/mol. The first kappa shape index (κ1) is 14.9. The van der Waals surface area contributed by atoms with Gasteiger partial charge in [-0.3, -0.25) is 4.79 Å². The Balaban J connectivity index is 1.75. The molecule has 4 nitrogen and oxygen atoms in total. The van der Waals surface area contributed by atoms with E-state index in [1.54, 1.807) is 0 Å². The van der Waals surface area contributed by atoms with Gasteiger partial charge in [0.1, 0.15) is 5.76 Å². The Labute approximate surface area is 127 Å². The van der Waals surface area contributed by atoms with E-state index in [-0.39, 0.29) is 24.0 Å². The van der Waals surface area contributed by atoms with Crippen LogP contribution in [-0.4, -0.2) is 41.2 Å². The van der Waals surface area contributed by atoms with Crippen molar-refractivity contribution >= 4 is 5.91 Å². The van der Waals surface area contributed by atoms with E-state index in [0.29, 0.717) is 0 Å². The van der Waals surface area contributed by atoms with Crippen molar-refractivity contribution in [2.45, 2.75) is 70.4 Å². The molecule has 1 N–H and O–H groups in total. The third kappa shape index (κ3) is 2.96. The number of amides is 1. The molecule has 4 heteroatoms. The smallest absolute Gasteiger partial charge is 0.253 e. The first-order chi connectivity index (χ1) is 10.2. The standard InChI is InChI=1S/C17H27NO3/c1-12-13(7-5-11-21-12)17(20)18-10-4-8-15(18)14-6-2-3-9-16(14)19/h14-16,19H,2-11H2,1H3. The number of hydrogen-bond acceptors (Lipinski definition) is 3. The van der Waals surface area contributed by atoms with Crippen LogP contribution in [0.25, 0.3) is 0 Å². The summed E-state index contributed by atoms with van der Waals surface area (Å²) in [7, 11) is 0. The van der Waals surface area contributed by atoms with E-state index in [1.807, 2.05) is 11.8 Å². The Kier molecular flexibility index (Phi) is 4.53. The fourth-order valence-corrected chi connectivity index (χ4v) is 4.25. The summed E-state index contributed by atoms with van der Waals surface area (Å²) in [5, 5.41) is 10.3. The molecule has 0 aromatic rings. The van der Waals surface area contributed by atoms with Crippen molar-refractivity contribution in [2.75, 3.05) is 13.2 Å². The van der Waals surface area contributed by atoms with Crippen LogP contribution < -0.4 is 0 Å².